The van der Waals surface area contributed by atoms with Crippen LogP contribution in [-0.2, 0) is 0 Å². The summed E-state index contributed by atoms with van der Waals surface area (Å²) in [6.07, 6.45) is 4.65. The van der Waals surface area contributed by atoms with Gasteiger partial charge in [0, 0.05) is 25.2 Å². The molecule has 0 aromatic carbocycles. The minimum atomic E-state index is -0.494. The van der Waals surface area contributed by atoms with E-state index in [1.165, 1.54) is 12.8 Å². The molecule has 1 saturated heterocycles. The summed E-state index contributed by atoms with van der Waals surface area (Å²) in [7, 11) is 0. The van der Waals surface area contributed by atoms with Crippen molar-refractivity contribution < 1.29 is 4.92 Å². The van der Waals surface area contributed by atoms with Gasteiger partial charge in [0.2, 0.25) is 11.1 Å². The Labute approximate surface area is 115 Å². The zero-order valence-electron chi connectivity index (χ0n) is 10.3. The Bertz CT molecular complexity index is 508. The molecule has 7 nitrogen and oxygen atoms in total. The minimum absolute atomic E-state index is 0.0187. The van der Waals surface area contributed by atoms with Crippen LogP contribution in [0.2, 0.25) is 5.28 Å². The van der Waals surface area contributed by atoms with Crippen molar-refractivity contribution in [1.82, 2.24) is 14.9 Å². The number of nitrogens with zero attached hydrogens (tertiary/aromatic N) is 4. The van der Waals surface area contributed by atoms with Crippen LogP contribution >= 0.6 is 11.6 Å². The van der Waals surface area contributed by atoms with E-state index in [2.05, 4.69) is 20.2 Å². The van der Waals surface area contributed by atoms with Crippen LogP contribution in [0.4, 0.5) is 11.5 Å². The molecule has 1 atom stereocenters. The molecule has 2 fully saturated rings. The second-order valence-corrected chi connectivity index (χ2v) is 5.32. The molecule has 2 aliphatic rings. The van der Waals surface area contributed by atoms with Crippen molar-refractivity contribution in [1.29, 1.82) is 0 Å². The van der Waals surface area contributed by atoms with E-state index in [0.717, 1.165) is 31.7 Å². The second kappa shape index (κ2) is 4.90. The first-order chi connectivity index (χ1) is 9.13. The lowest BCUT2D eigenvalue weighted by Crippen LogP contribution is -2.28. The van der Waals surface area contributed by atoms with E-state index >= 15 is 0 Å². The predicted molar refractivity (Wildman–Crippen MR) is 70.3 cm³/mol. The first kappa shape index (κ1) is 12.6. The highest BCUT2D eigenvalue weighted by Gasteiger charge is 2.35. The summed E-state index contributed by atoms with van der Waals surface area (Å²) in [6.45, 7) is 1.94. The van der Waals surface area contributed by atoms with Crippen LogP contribution in [0.1, 0.15) is 19.3 Å². The molecule has 1 aliphatic carbocycles. The van der Waals surface area contributed by atoms with Gasteiger partial charge in [-0.05, 0) is 30.9 Å². The molecule has 0 amide bonds. The van der Waals surface area contributed by atoms with Crippen LogP contribution in [0, 0.1) is 10.1 Å². The van der Waals surface area contributed by atoms with Gasteiger partial charge in [-0.15, -0.1) is 0 Å². The molecule has 1 saturated carbocycles. The van der Waals surface area contributed by atoms with Crippen molar-refractivity contribution in [3.8, 4) is 0 Å². The maximum atomic E-state index is 10.9. The molecule has 0 radical (unpaired) electrons. The summed E-state index contributed by atoms with van der Waals surface area (Å²) in [6, 6.07) is 0.904. The van der Waals surface area contributed by atoms with Gasteiger partial charge in [0.1, 0.15) is 6.20 Å². The van der Waals surface area contributed by atoms with Crippen molar-refractivity contribution in [3.63, 3.8) is 0 Å². The molecule has 1 unspecified atom stereocenters. The quantitative estimate of drug-likeness (QED) is 0.514. The Kier molecular flexibility index (Phi) is 3.24. The fraction of sp³-hybridized carbons (Fsp3) is 0.636. The lowest BCUT2D eigenvalue weighted by atomic mass is 10.2. The van der Waals surface area contributed by atoms with Crippen molar-refractivity contribution in [2.75, 3.05) is 18.4 Å². The number of anilines is 1. The van der Waals surface area contributed by atoms with Crippen LogP contribution in [0.5, 0.6) is 0 Å². The highest BCUT2D eigenvalue weighted by molar-refractivity contribution is 6.28. The Balaban J connectivity index is 1.72. The Hall–Kier alpha value is -1.47. The van der Waals surface area contributed by atoms with Crippen LogP contribution < -0.4 is 5.32 Å². The van der Waals surface area contributed by atoms with Crippen LogP contribution in [0.3, 0.4) is 0 Å². The van der Waals surface area contributed by atoms with Crippen molar-refractivity contribution in [2.45, 2.75) is 31.3 Å². The SMILES string of the molecule is O=[N+]([O-])c1cnc(Cl)nc1NC1CCN(C2CC2)C1. The van der Waals surface area contributed by atoms with Crippen molar-refractivity contribution in [3.05, 3.63) is 21.6 Å². The van der Waals surface area contributed by atoms with E-state index in [1.807, 2.05) is 0 Å². The molecule has 2 heterocycles. The van der Waals surface area contributed by atoms with Gasteiger partial charge in [0.15, 0.2) is 0 Å². The minimum Gasteiger partial charge on any atom is -0.360 e. The van der Waals surface area contributed by atoms with Crippen molar-refractivity contribution in [2.24, 2.45) is 0 Å². The summed E-state index contributed by atoms with van der Waals surface area (Å²) in [5.41, 5.74) is -0.130. The van der Waals surface area contributed by atoms with Gasteiger partial charge in [0.25, 0.3) is 0 Å². The Morgan fingerprint density at radius 1 is 1.47 bits per heavy atom. The van der Waals surface area contributed by atoms with Gasteiger partial charge in [-0.3, -0.25) is 15.0 Å². The molecule has 1 N–H and O–H groups in total. The summed E-state index contributed by atoms with van der Waals surface area (Å²) >= 11 is 5.70. The zero-order chi connectivity index (χ0) is 13.4. The normalized spacial score (nSPS) is 23.5. The number of likely N-dealkylation sites (tertiary alicyclic amines) is 1. The zero-order valence-corrected chi connectivity index (χ0v) is 11.0. The summed E-state index contributed by atoms with van der Waals surface area (Å²) in [5.74, 6) is 0.215. The largest absolute Gasteiger partial charge is 0.360 e. The second-order valence-electron chi connectivity index (χ2n) is 4.99. The number of rotatable bonds is 4. The number of hydrogen-bond donors (Lipinski definition) is 1. The Morgan fingerprint density at radius 2 is 2.26 bits per heavy atom. The number of nitrogens with one attached hydrogen (secondary N) is 1. The lowest BCUT2D eigenvalue weighted by molar-refractivity contribution is -0.384. The molecule has 1 aliphatic heterocycles. The van der Waals surface area contributed by atoms with Crippen molar-refractivity contribution >= 4 is 23.1 Å². The topological polar surface area (TPSA) is 84.2 Å². The molecule has 19 heavy (non-hydrogen) atoms. The fourth-order valence-electron chi connectivity index (χ4n) is 2.46. The Morgan fingerprint density at radius 3 is 2.95 bits per heavy atom. The molecular weight excluding hydrogens is 270 g/mol. The van der Waals surface area contributed by atoms with Crippen LogP contribution in [0.25, 0.3) is 0 Å². The van der Waals surface area contributed by atoms with Gasteiger partial charge < -0.3 is 5.32 Å². The van der Waals surface area contributed by atoms with E-state index in [4.69, 9.17) is 11.6 Å². The summed E-state index contributed by atoms with van der Waals surface area (Å²) in [5, 5.41) is 14.1. The van der Waals surface area contributed by atoms with E-state index in [-0.39, 0.29) is 22.8 Å². The van der Waals surface area contributed by atoms with Gasteiger partial charge in [0.05, 0.1) is 4.92 Å². The standard InChI is InChI=1S/C11H14ClN5O2/c12-11-13-5-9(17(18)19)10(15-11)14-7-3-4-16(6-7)8-1-2-8/h5,7-8H,1-4,6H2,(H,13,14,15). The lowest BCUT2D eigenvalue weighted by Gasteiger charge is -2.16. The van der Waals surface area contributed by atoms with Gasteiger partial charge in [-0.2, -0.15) is 4.98 Å². The highest BCUT2D eigenvalue weighted by Crippen LogP contribution is 2.31. The maximum absolute atomic E-state index is 10.9. The van der Waals surface area contributed by atoms with E-state index in [9.17, 15) is 10.1 Å². The maximum Gasteiger partial charge on any atom is 0.329 e. The molecule has 102 valence electrons. The van der Waals surface area contributed by atoms with E-state index in [0.29, 0.717) is 0 Å². The number of aromatic nitrogens is 2. The monoisotopic (exact) mass is 283 g/mol. The predicted octanol–water partition coefficient (Wildman–Crippen LogP) is 1.69. The summed E-state index contributed by atoms with van der Waals surface area (Å²) < 4.78 is 0. The molecule has 1 aromatic heterocycles. The van der Waals surface area contributed by atoms with Crippen LogP contribution in [0.15, 0.2) is 6.20 Å². The third kappa shape index (κ3) is 2.76. The molecule has 8 heteroatoms. The molecule has 3 rings (SSSR count). The first-order valence-electron chi connectivity index (χ1n) is 6.31. The number of halogens is 1. The number of nitro groups is 1. The molecule has 0 bridgehead atoms. The van der Waals surface area contributed by atoms with Crippen LogP contribution in [-0.4, -0.2) is 45.0 Å². The van der Waals surface area contributed by atoms with Gasteiger partial charge in [-0.25, -0.2) is 4.98 Å². The third-order valence-corrected chi connectivity index (χ3v) is 3.74. The fourth-order valence-corrected chi connectivity index (χ4v) is 2.60. The third-order valence-electron chi connectivity index (χ3n) is 3.56. The van der Waals surface area contributed by atoms with Gasteiger partial charge in [-0.1, -0.05) is 0 Å². The first-order valence-corrected chi connectivity index (χ1v) is 6.69. The average molecular weight is 284 g/mol. The average Bonchev–Trinajstić information content (AvgIpc) is 3.10. The van der Waals surface area contributed by atoms with E-state index < -0.39 is 4.92 Å². The van der Waals surface area contributed by atoms with Gasteiger partial charge >= 0.3 is 5.69 Å². The molecular formula is C11H14ClN5O2. The summed E-state index contributed by atoms with van der Waals surface area (Å²) in [4.78, 5) is 20.4. The highest BCUT2D eigenvalue weighted by atomic mass is 35.5. The number of hydrogen-bond acceptors (Lipinski definition) is 6. The molecule has 0 spiro atoms. The molecule has 1 aromatic rings. The van der Waals surface area contributed by atoms with E-state index in [1.54, 1.807) is 0 Å². The smallest absolute Gasteiger partial charge is 0.329 e.